The lowest BCUT2D eigenvalue weighted by Gasteiger charge is -2.06. The molecule has 0 saturated carbocycles. The number of para-hydroxylation sites is 1. The first kappa shape index (κ1) is 12.9. The van der Waals surface area contributed by atoms with Gasteiger partial charge in [0.15, 0.2) is 0 Å². The number of fused-ring (bicyclic) bond motifs is 1. The first-order valence-electron chi connectivity index (χ1n) is 6.92. The molecule has 3 aromatic rings. The van der Waals surface area contributed by atoms with Gasteiger partial charge in [0.05, 0.1) is 18.1 Å². The van der Waals surface area contributed by atoms with Crippen molar-refractivity contribution in [2.24, 2.45) is 7.05 Å². The SMILES string of the molecule is Cc1cc(C)c(-[n+]2c3ccccc3c(C)n2C)c(C)n1. The van der Waals surface area contributed by atoms with Crippen molar-refractivity contribution in [2.75, 3.05) is 0 Å². The number of aromatic nitrogens is 3. The fourth-order valence-corrected chi connectivity index (χ4v) is 3.06. The Morgan fingerprint density at radius 2 is 1.75 bits per heavy atom. The van der Waals surface area contributed by atoms with E-state index in [1.165, 1.54) is 27.8 Å². The summed E-state index contributed by atoms with van der Waals surface area (Å²) in [7, 11) is 2.11. The van der Waals surface area contributed by atoms with Crippen LogP contribution in [0.1, 0.15) is 22.6 Å². The van der Waals surface area contributed by atoms with Gasteiger partial charge in [-0.1, -0.05) is 16.8 Å². The van der Waals surface area contributed by atoms with Gasteiger partial charge in [-0.15, -0.1) is 0 Å². The average Bonchev–Trinajstić information content (AvgIpc) is 2.64. The largest absolute Gasteiger partial charge is 0.260 e. The summed E-state index contributed by atoms with van der Waals surface area (Å²) in [5, 5.41) is 1.29. The predicted molar refractivity (Wildman–Crippen MR) is 81.2 cm³/mol. The summed E-state index contributed by atoms with van der Waals surface area (Å²) in [5.41, 5.74) is 7.07. The molecule has 0 radical (unpaired) electrons. The molecule has 0 unspecified atom stereocenters. The number of aryl methyl sites for hydroxylation is 4. The zero-order valence-electron chi connectivity index (χ0n) is 12.7. The molecule has 0 aliphatic heterocycles. The van der Waals surface area contributed by atoms with E-state index in [1.54, 1.807) is 0 Å². The molecule has 2 aromatic heterocycles. The molecule has 102 valence electrons. The molecule has 0 amide bonds. The molecule has 0 aliphatic carbocycles. The van der Waals surface area contributed by atoms with Crippen LogP contribution in [0.3, 0.4) is 0 Å². The first-order valence-corrected chi connectivity index (χ1v) is 6.92. The van der Waals surface area contributed by atoms with Crippen molar-refractivity contribution in [1.29, 1.82) is 0 Å². The van der Waals surface area contributed by atoms with Crippen LogP contribution >= 0.6 is 0 Å². The van der Waals surface area contributed by atoms with Crippen LogP contribution in [0.5, 0.6) is 0 Å². The van der Waals surface area contributed by atoms with Gasteiger partial charge >= 0.3 is 0 Å². The fourth-order valence-electron chi connectivity index (χ4n) is 3.06. The Balaban J connectivity index is 2.45. The van der Waals surface area contributed by atoms with Gasteiger partial charge in [-0.25, -0.2) is 0 Å². The third-order valence-corrected chi connectivity index (χ3v) is 4.00. The van der Waals surface area contributed by atoms with Gasteiger partial charge in [0.1, 0.15) is 5.69 Å². The van der Waals surface area contributed by atoms with Crippen LogP contribution in [-0.2, 0) is 7.05 Å². The van der Waals surface area contributed by atoms with Crippen molar-refractivity contribution in [3.63, 3.8) is 0 Å². The molecule has 0 bridgehead atoms. The van der Waals surface area contributed by atoms with Crippen molar-refractivity contribution < 1.29 is 4.68 Å². The molecular formula is C17H20N3+. The number of nitrogens with zero attached hydrogens (tertiary/aromatic N) is 3. The lowest BCUT2D eigenvalue weighted by molar-refractivity contribution is -0.659. The maximum Gasteiger partial charge on any atom is 0.260 e. The number of hydrogen-bond donors (Lipinski definition) is 0. The van der Waals surface area contributed by atoms with Crippen LogP contribution in [0.25, 0.3) is 16.6 Å². The highest BCUT2D eigenvalue weighted by atomic mass is 15.4. The Kier molecular flexibility index (Phi) is 2.85. The van der Waals surface area contributed by atoms with Gasteiger partial charge in [-0.2, -0.15) is 4.68 Å². The average molecular weight is 266 g/mol. The van der Waals surface area contributed by atoms with Gasteiger partial charge in [0, 0.05) is 17.3 Å². The number of rotatable bonds is 1. The molecule has 0 saturated heterocycles. The van der Waals surface area contributed by atoms with Crippen molar-refractivity contribution in [3.8, 4) is 5.69 Å². The quantitative estimate of drug-likeness (QED) is 0.620. The smallest absolute Gasteiger partial charge is 0.251 e. The number of benzene rings is 1. The first-order chi connectivity index (χ1) is 9.50. The van der Waals surface area contributed by atoms with Gasteiger partial charge in [0.2, 0.25) is 5.52 Å². The van der Waals surface area contributed by atoms with Crippen LogP contribution in [0.4, 0.5) is 0 Å². The summed E-state index contributed by atoms with van der Waals surface area (Å²) in [6, 6.07) is 10.7. The molecule has 0 fully saturated rings. The Morgan fingerprint density at radius 1 is 1.05 bits per heavy atom. The van der Waals surface area contributed by atoms with E-state index in [2.05, 4.69) is 72.5 Å². The third kappa shape index (κ3) is 1.73. The third-order valence-electron chi connectivity index (χ3n) is 4.00. The molecule has 0 atom stereocenters. The Hall–Kier alpha value is -2.16. The van der Waals surface area contributed by atoms with Crippen LogP contribution < -0.4 is 4.68 Å². The van der Waals surface area contributed by atoms with E-state index in [9.17, 15) is 0 Å². The van der Waals surface area contributed by atoms with E-state index in [0.717, 1.165) is 11.4 Å². The minimum absolute atomic E-state index is 1.07. The summed E-state index contributed by atoms with van der Waals surface area (Å²) in [5.74, 6) is 0. The van der Waals surface area contributed by atoms with Crippen molar-refractivity contribution in [1.82, 2.24) is 9.67 Å². The number of hydrogen-bond acceptors (Lipinski definition) is 1. The van der Waals surface area contributed by atoms with Crippen LogP contribution in [0.2, 0.25) is 0 Å². The van der Waals surface area contributed by atoms with Crippen molar-refractivity contribution in [3.05, 3.63) is 53.0 Å². The highest BCUT2D eigenvalue weighted by Gasteiger charge is 2.25. The predicted octanol–water partition coefficient (Wildman–Crippen LogP) is 3.08. The summed E-state index contributed by atoms with van der Waals surface area (Å²) in [4.78, 5) is 4.63. The van der Waals surface area contributed by atoms with Crippen molar-refractivity contribution in [2.45, 2.75) is 27.7 Å². The topological polar surface area (TPSA) is 21.7 Å². The van der Waals surface area contributed by atoms with E-state index in [4.69, 9.17) is 0 Å². The molecule has 3 rings (SSSR count). The summed E-state index contributed by atoms with van der Waals surface area (Å²) >= 11 is 0. The minimum atomic E-state index is 1.07. The standard InChI is InChI=1S/C17H20N3/c1-11-10-12(2)18-13(3)17(11)20-16-9-7-6-8-15(16)14(4)19(20)5/h6-10H,1-5H3/q+1. The lowest BCUT2D eigenvalue weighted by atomic mass is 10.1. The van der Waals surface area contributed by atoms with Crippen molar-refractivity contribution >= 4 is 10.9 Å². The monoisotopic (exact) mass is 266 g/mol. The van der Waals surface area contributed by atoms with Crippen LogP contribution in [-0.4, -0.2) is 9.67 Å². The molecule has 0 spiro atoms. The van der Waals surface area contributed by atoms with Gasteiger partial charge in [0.25, 0.3) is 5.69 Å². The molecule has 3 heteroatoms. The second-order valence-electron chi connectivity index (χ2n) is 5.45. The molecule has 0 N–H and O–H groups in total. The zero-order chi connectivity index (χ0) is 14.4. The fraction of sp³-hybridized carbons (Fsp3) is 0.294. The Bertz CT molecular complexity index is 789. The maximum atomic E-state index is 4.63. The van der Waals surface area contributed by atoms with Gasteiger partial charge < -0.3 is 0 Å². The molecule has 1 aromatic carbocycles. The normalized spacial score (nSPS) is 11.2. The molecule has 20 heavy (non-hydrogen) atoms. The van der Waals surface area contributed by atoms with E-state index < -0.39 is 0 Å². The molecule has 2 heterocycles. The summed E-state index contributed by atoms with van der Waals surface area (Å²) in [6.07, 6.45) is 0. The van der Waals surface area contributed by atoms with Gasteiger partial charge in [-0.3, -0.25) is 4.98 Å². The zero-order valence-corrected chi connectivity index (χ0v) is 12.7. The minimum Gasteiger partial charge on any atom is -0.251 e. The lowest BCUT2D eigenvalue weighted by Crippen LogP contribution is -2.41. The highest BCUT2D eigenvalue weighted by Crippen LogP contribution is 2.20. The number of pyridine rings is 1. The second kappa shape index (κ2) is 4.44. The van der Waals surface area contributed by atoms with E-state index in [0.29, 0.717) is 0 Å². The molecule has 0 aliphatic rings. The Labute approximate surface area is 119 Å². The van der Waals surface area contributed by atoms with E-state index >= 15 is 0 Å². The summed E-state index contributed by atoms with van der Waals surface area (Å²) in [6.45, 7) is 8.44. The maximum absolute atomic E-state index is 4.63. The molecular weight excluding hydrogens is 246 g/mol. The summed E-state index contributed by atoms with van der Waals surface area (Å²) < 4.78 is 4.47. The molecule has 3 nitrogen and oxygen atoms in total. The van der Waals surface area contributed by atoms with Crippen LogP contribution in [0.15, 0.2) is 30.3 Å². The van der Waals surface area contributed by atoms with Gasteiger partial charge in [-0.05, 0) is 39.8 Å². The van der Waals surface area contributed by atoms with E-state index in [1.807, 2.05) is 6.92 Å². The highest BCUT2D eigenvalue weighted by molar-refractivity contribution is 5.78. The second-order valence-corrected chi connectivity index (χ2v) is 5.45. The van der Waals surface area contributed by atoms with Crippen LogP contribution in [0, 0.1) is 27.7 Å². The Morgan fingerprint density at radius 3 is 2.45 bits per heavy atom. The van der Waals surface area contributed by atoms with E-state index in [-0.39, 0.29) is 0 Å².